The Kier molecular flexibility index (Phi) is 3.82. The Bertz CT molecular complexity index is 166. The molecule has 0 aromatic rings. The van der Waals surface area contributed by atoms with Crippen molar-refractivity contribution in [2.75, 3.05) is 32.7 Å². The van der Waals surface area contributed by atoms with Crippen LogP contribution in [0.3, 0.4) is 0 Å². The molecule has 0 aromatic heterocycles. The van der Waals surface area contributed by atoms with Crippen LogP contribution in [0.5, 0.6) is 0 Å². The number of nitrogens with one attached hydrogen (secondary N) is 1. The SMILES string of the molecule is CCCC1CCN(CCC2CNC2)C1. The van der Waals surface area contributed by atoms with Gasteiger partial charge in [0, 0.05) is 6.54 Å². The van der Waals surface area contributed by atoms with Crippen LogP contribution >= 0.6 is 0 Å². The second kappa shape index (κ2) is 5.13. The zero-order chi connectivity index (χ0) is 9.80. The highest BCUT2D eigenvalue weighted by molar-refractivity contribution is 4.79. The van der Waals surface area contributed by atoms with Crippen LogP contribution in [0.1, 0.15) is 32.6 Å². The van der Waals surface area contributed by atoms with E-state index in [1.54, 1.807) is 0 Å². The van der Waals surface area contributed by atoms with Crippen LogP contribution in [0.15, 0.2) is 0 Å². The second-order valence-corrected chi connectivity index (χ2v) is 5.06. The highest BCUT2D eigenvalue weighted by Crippen LogP contribution is 2.21. The Hall–Kier alpha value is -0.0800. The summed E-state index contributed by atoms with van der Waals surface area (Å²) in [6.45, 7) is 8.95. The number of hydrogen-bond donors (Lipinski definition) is 1. The average molecular weight is 196 g/mol. The summed E-state index contributed by atoms with van der Waals surface area (Å²) in [5.41, 5.74) is 0. The van der Waals surface area contributed by atoms with Crippen molar-refractivity contribution in [2.24, 2.45) is 11.8 Å². The van der Waals surface area contributed by atoms with E-state index in [9.17, 15) is 0 Å². The van der Waals surface area contributed by atoms with Crippen LogP contribution in [-0.2, 0) is 0 Å². The van der Waals surface area contributed by atoms with Crippen molar-refractivity contribution in [3.05, 3.63) is 0 Å². The van der Waals surface area contributed by atoms with E-state index in [2.05, 4.69) is 17.1 Å². The molecule has 2 aliphatic heterocycles. The molecule has 2 rings (SSSR count). The van der Waals surface area contributed by atoms with Gasteiger partial charge in [-0.15, -0.1) is 0 Å². The first kappa shape index (κ1) is 10.4. The molecule has 1 unspecified atom stereocenters. The number of nitrogens with zero attached hydrogens (tertiary/aromatic N) is 1. The Morgan fingerprint density at radius 1 is 1.21 bits per heavy atom. The van der Waals surface area contributed by atoms with Gasteiger partial charge >= 0.3 is 0 Å². The summed E-state index contributed by atoms with van der Waals surface area (Å²) < 4.78 is 0. The fraction of sp³-hybridized carbons (Fsp3) is 1.00. The molecule has 0 spiro atoms. The number of hydrogen-bond acceptors (Lipinski definition) is 2. The van der Waals surface area contributed by atoms with Crippen LogP contribution in [0.4, 0.5) is 0 Å². The first-order valence-electron chi connectivity index (χ1n) is 6.31. The van der Waals surface area contributed by atoms with Gasteiger partial charge in [-0.1, -0.05) is 13.3 Å². The standard InChI is InChI=1S/C12H24N2/c1-2-3-11-4-6-14(10-11)7-5-12-8-13-9-12/h11-13H,2-10H2,1H3. The van der Waals surface area contributed by atoms with Crippen molar-refractivity contribution in [3.63, 3.8) is 0 Å². The first-order chi connectivity index (χ1) is 6.88. The molecule has 2 heterocycles. The highest BCUT2D eigenvalue weighted by Gasteiger charge is 2.23. The van der Waals surface area contributed by atoms with Gasteiger partial charge in [-0.25, -0.2) is 0 Å². The van der Waals surface area contributed by atoms with E-state index in [1.807, 2.05) is 0 Å². The van der Waals surface area contributed by atoms with Crippen molar-refractivity contribution in [1.29, 1.82) is 0 Å². The molecule has 82 valence electrons. The van der Waals surface area contributed by atoms with Crippen LogP contribution in [0, 0.1) is 11.8 Å². The predicted octanol–water partition coefficient (Wildman–Crippen LogP) is 1.72. The van der Waals surface area contributed by atoms with Crippen LogP contribution < -0.4 is 5.32 Å². The van der Waals surface area contributed by atoms with E-state index >= 15 is 0 Å². The smallest absolute Gasteiger partial charge is 0.00101 e. The lowest BCUT2D eigenvalue weighted by atomic mass is 9.99. The van der Waals surface area contributed by atoms with Crippen LogP contribution in [-0.4, -0.2) is 37.6 Å². The average Bonchev–Trinajstić information content (AvgIpc) is 2.51. The molecule has 2 heteroatoms. The van der Waals surface area contributed by atoms with Crippen LogP contribution in [0.2, 0.25) is 0 Å². The number of likely N-dealkylation sites (tertiary alicyclic amines) is 1. The highest BCUT2D eigenvalue weighted by atomic mass is 15.1. The summed E-state index contributed by atoms with van der Waals surface area (Å²) in [5.74, 6) is 2.00. The van der Waals surface area contributed by atoms with Gasteiger partial charge in [0.2, 0.25) is 0 Å². The summed E-state index contributed by atoms with van der Waals surface area (Å²) in [5, 5.41) is 3.35. The third-order valence-corrected chi connectivity index (χ3v) is 3.79. The van der Waals surface area contributed by atoms with Crippen molar-refractivity contribution in [1.82, 2.24) is 10.2 Å². The molecule has 1 N–H and O–H groups in total. The summed E-state index contributed by atoms with van der Waals surface area (Å²) in [6.07, 6.45) is 5.69. The lowest BCUT2D eigenvalue weighted by Gasteiger charge is -2.28. The Morgan fingerprint density at radius 3 is 2.71 bits per heavy atom. The van der Waals surface area contributed by atoms with E-state index in [0.29, 0.717) is 0 Å². The Morgan fingerprint density at radius 2 is 2.07 bits per heavy atom. The number of rotatable bonds is 5. The fourth-order valence-corrected chi connectivity index (χ4v) is 2.68. The Labute approximate surface area is 88.1 Å². The van der Waals surface area contributed by atoms with Gasteiger partial charge in [-0.3, -0.25) is 0 Å². The molecule has 2 fully saturated rings. The molecule has 0 bridgehead atoms. The molecule has 2 saturated heterocycles. The van der Waals surface area contributed by atoms with Gasteiger partial charge in [-0.2, -0.15) is 0 Å². The molecule has 0 amide bonds. The largest absolute Gasteiger partial charge is 0.316 e. The van der Waals surface area contributed by atoms with Gasteiger partial charge in [0.05, 0.1) is 0 Å². The molecule has 1 atom stereocenters. The minimum atomic E-state index is 0.986. The van der Waals surface area contributed by atoms with E-state index in [0.717, 1.165) is 11.8 Å². The van der Waals surface area contributed by atoms with Gasteiger partial charge in [0.1, 0.15) is 0 Å². The summed E-state index contributed by atoms with van der Waals surface area (Å²) in [7, 11) is 0. The van der Waals surface area contributed by atoms with Gasteiger partial charge < -0.3 is 10.2 Å². The molecule has 0 aliphatic carbocycles. The maximum Gasteiger partial charge on any atom is 0.00101 e. The second-order valence-electron chi connectivity index (χ2n) is 5.06. The molecule has 2 nitrogen and oxygen atoms in total. The topological polar surface area (TPSA) is 15.3 Å². The van der Waals surface area contributed by atoms with Gasteiger partial charge in [0.25, 0.3) is 0 Å². The van der Waals surface area contributed by atoms with Crippen molar-refractivity contribution in [3.8, 4) is 0 Å². The predicted molar refractivity (Wildman–Crippen MR) is 60.4 cm³/mol. The minimum Gasteiger partial charge on any atom is -0.316 e. The third kappa shape index (κ3) is 2.71. The van der Waals surface area contributed by atoms with Crippen molar-refractivity contribution in [2.45, 2.75) is 32.6 Å². The van der Waals surface area contributed by atoms with E-state index in [4.69, 9.17) is 0 Å². The normalized spacial score (nSPS) is 29.4. The fourth-order valence-electron chi connectivity index (χ4n) is 2.68. The Balaban J connectivity index is 1.58. The van der Waals surface area contributed by atoms with E-state index < -0.39 is 0 Å². The molecular weight excluding hydrogens is 172 g/mol. The van der Waals surface area contributed by atoms with Crippen LogP contribution in [0.25, 0.3) is 0 Å². The monoisotopic (exact) mass is 196 g/mol. The third-order valence-electron chi connectivity index (χ3n) is 3.79. The maximum absolute atomic E-state index is 3.35. The summed E-state index contributed by atoms with van der Waals surface area (Å²) in [4.78, 5) is 2.68. The summed E-state index contributed by atoms with van der Waals surface area (Å²) in [6, 6.07) is 0. The molecule has 0 aromatic carbocycles. The lowest BCUT2D eigenvalue weighted by molar-refractivity contribution is 0.251. The minimum absolute atomic E-state index is 0.986. The van der Waals surface area contributed by atoms with E-state index in [1.165, 1.54) is 58.4 Å². The van der Waals surface area contributed by atoms with E-state index in [-0.39, 0.29) is 0 Å². The maximum atomic E-state index is 3.35. The van der Waals surface area contributed by atoms with Gasteiger partial charge in [0.15, 0.2) is 0 Å². The zero-order valence-electron chi connectivity index (χ0n) is 9.47. The van der Waals surface area contributed by atoms with Gasteiger partial charge in [-0.05, 0) is 57.3 Å². The summed E-state index contributed by atoms with van der Waals surface area (Å²) >= 11 is 0. The first-order valence-corrected chi connectivity index (χ1v) is 6.31. The quantitative estimate of drug-likeness (QED) is 0.720. The molecule has 2 aliphatic rings. The lowest BCUT2D eigenvalue weighted by Crippen LogP contribution is -2.43. The molecule has 0 radical (unpaired) electrons. The molecular formula is C12H24N2. The zero-order valence-corrected chi connectivity index (χ0v) is 9.47. The molecule has 14 heavy (non-hydrogen) atoms. The van der Waals surface area contributed by atoms with Crippen molar-refractivity contribution < 1.29 is 0 Å². The molecule has 0 saturated carbocycles. The van der Waals surface area contributed by atoms with Crippen molar-refractivity contribution >= 4 is 0 Å².